The van der Waals surface area contributed by atoms with E-state index in [9.17, 15) is 14.4 Å². The molecule has 3 heterocycles. The largest absolute Gasteiger partial charge is 0.298 e. The highest BCUT2D eigenvalue weighted by Gasteiger charge is 2.41. The summed E-state index contributed by atoms with van der Waals surface area (Å²) in [6.07, 6.45) is 1.57. The number of amides is 3. The maximum atomic E-state index is 13.3. The Morgan fingerprint density at radius 1 is 0.909 bits per heavy atom. The maximum Gasteiger partial charge on any atom is 0.259 e. The van der Waals surface area contributed by atoms with Gasteiger partial charge in [0.05, 0.1) is 5.69 Å². The lowest BCUT2D eigenvalue weighted by molar-refractivity contribution is -0.134. The second kappa shape index (κ2) is 7.81. The molecule has 0 spiro atoms. The van der Waals surface area contributed by atoms with Gasteiger partial charge in [0.15, 0.2) is 0 Å². The molecule has 6 nitrogen and oxygen atoms in total. The molecule has 33 heavy (non-hydrogen) atoms. The van der Waals surface area contributed by atoms with E-state index < -0.39 is 11.9 Å². The van der Waals surface area contributed by atoms with Crippen molar-refractivity contribution in [3.05, 3.63) is 77.4 Å². The van der Waals surface area contributed by atoms with Gasteiger partial charge in [-0.2, -0.15) is 0 Å². The number of carbonyl (C=O) groups excluding carboxylic acids is 3. The van der Waals surface area contributed by atoms with Crippen molar-refractivity contribution >= 4 is 34.2 Å². The number of likely N-dealkylation sites (tertiary alicyclic amines) is 1. The Balaban J connectivity index is 1.23. The van der Waals surface area contributed by atoms with Crippen LogP contribution in [-0.4, -0.2) is 41.8 Å². The molecule has 2 saturated heterocycles. The van der Waals surface area contributed by atoms with Gasteiger partial charge >= 0.3 is 0 Å². The van der Waals surface area contributed by atoms with Gasteiger partial charge < -0.3 is 0 Å². The van der Waals surface area contributed by atoms with Crippen molar-refractivity contribution in [1.29, 1.82) is 0 Å². The van der Waals surface area contributed by atoms with Gasteiger partial charge in [0, 0.05) is 37.0 Å². The molecule has 0 bridgehead atoms. The third kappa shape index (κ3) is 3.42. The van der Waals surface area contributed by atoms with Crippen LogP contribution in [0.15, 0.2) is 60.7 Å². The Bertz CT molecular complexity index is 1280. The first-order valence-corrected chi connectivity index (χ1v) is 11.6. The molecule has 6 heteroatoms. The molecular formula is C27H25N3O3. The van der Waals surface area contributed by atoms with Gasteiger partial charge in [-0.25, -0.2) is 0 Å². The molecule has 3 aromatic carbocycles. The fraction of sp³-hybridized carbons (Fsp3) is 0.296. The van der Waals surface area contributed by atoms with Gasteiger partial charge in [0.2, 0.25) is 11.8 Å². The molecule has 3 aliphatic rings. The number of carbonyl (C=O) groups is 3. The minimum absolute atomic E-state index is 0.153. The van der Waals surface area contributed by atoms with Crippen molar-refractivity contribution in [2.45, 2.75) is 31.8 Å². The fourth-order valence-electron chi connectivity index (χ4n) is 5.57. The van der Waals surface area contributed by atoms with Crippen LogP contribution in [0.5, 0.6) is 0 Å². The first-order chi connectivity index (χ1) is 16.1. The van der Waals surface area contributed by atoms with Gasteiger partial charge in [-0.05, 0) is 47.4 Å². The van der Waals surface area contributed by atoms with E-state index in [1.54, 1.807) is 4.90 Å². The minimum Gasteiger partial charge on any atom is -0.298 e. The predicted molar refractivity (Wildman–Crippen MR) is 126 cm³/mol. The molecule has 3 aromatic rings. The van der Waals surface area contributed by atoms with Crippen molar-refractivity contribution in [2.75, 3.05) is 18.0 Å². The van der Waals surface area contributed by atoms with Crippen LogP contribution in [-0.2, 0) is 22.6 Å². The summed E-state index contributed by atoms with van der Waals surface area (Å²) in [6.45, 7) is 3.12. The van der Waals surface area contributed by atoms with E-state index in [1.165, 1.54) is 11.1 Å². The van der Waals surface area contributed by atoms with Crippen LogP contribution < -0.4 is 10.2 Å². The van der Waals surface area contributed by atoms with Crippen LogP contribution in [0.1, 0.15) is 34.3 Å². The number of anilines is 1. The molecule has 0 aromatic heterocycles. The second-order valence-corrected chi connectivity index (χ2v) is 9.36. The number of hydrogen-bond acceptors (Lipinski definition) is 4. The van der Waals surface area contributed by atoms with E-state index in [0.29, 0.717) is 17.9 Å². The highest BCUT2D eigenvalue weighted by molar-refractivity contribution is 6.27. The summed E-state index contributed by atoms with van der Waals surface area (Å²) in [5, 5.41) is 4.41. The molecule has 6 rings (SSSR count). The van der Waals surface area contributed by atoms with E-state index in [4.69, 9.17) is 0 Å². The van der Waals surface area contributed by atoms with Crippen molar-refractivity contribution in [2.24, 2.45) is 5.92 Å². The number of piperidine rings is 1. The smallest absolute Gasteiger partial charge is 0.259 e. The van der Waals surface area contributed by atoms with Crippen LogP contribution in [0.3, 0.4) is 0 Å². The molecule has 2 fully saturated rings. The van der Waals surface area contributed by atoms with Crippen LogP contribution in [0, 0.1) is 5.92 Å². The third-order valence-electron chi connectivity index (χ3n) is 7.13. The Morgan fingerprint density at radius 3 is 2.52 bits per heavy atom. The van der Waals surface area contributed by atoms with E-state index in [0.717, 1.165) is 42.5 Å². The van der Waals surface area contributed by atoms with Gasteiger partial charge in [0.25, 0.3) is 5.91 Å². The standard InChI is InChI=1S/C27H25N3O3/c31-24-12-11-23(26(32)28-24)30-22-10-9-19(20-7-4-8-21(25(20)22)27(30)33)13-18-15-29(16-18)14-17-5-2-1-3-6-17/h1-10,18,23H,11-16H2,(H,28,31,32). The molecule has 0 aliphatic carbocycles. The Morgan fingerprint density at radius 2 is 1.73 bits per heavy atom. The molecule has 166 valence electrons. The van der Waals surface area contributed by atoms with Crippen molar-refractivity contribution in [3.8, 4) is 0 Å². The lowest BCUT2D eigenvalue weighted by atomic mass is 9.88. The molecular weight excluding hydrogens is 414 g/mol. The maximum absolute atomic E-state index is 13.3. The van der Waals surface area contributed by atoms with E-state index in [2.05, 4.69) is 46.6 Å². The molecule has 3 amide bonds. The van der Waals surface area contributed by atoms with Crippen LogP contribution >= 0.6 is 0 Å². The van der Waals surface area contributed by atoms with Gasteiger partial charge in [-0.15, -0.1) is 0 Å². The summed E-state index contributed by atoms with van der Waals surface area (Å²) < 4.78 is 0. The fourth-order valence-corrected chi connectivity index (χ4v) is 5.57. The van der Waals surface area contributed by atoms with Gasteiger partial charge in [-0.3, -0.25) is 29.5 Å². The molecule has 1 N–H and O–H groups in total. The lowest BCUT2D eigenvalue weighted by Crippen LogP contribution is -2.53. The van der Waals surface area contributed by atoms with Crippen molar-refractivity contribution < 1.29 is 14.4 Å². The third-order valence-corrected chi connectivity index (χ3v) is 7.13. The zero-order valence-corrected chi connectivity index (χ0v) is 18.3. The first-order valence-electron chi connectivity index (χ1n) is 11.6. The van der Waals surface area contributed by atoms with E-state index >= 15 is 0 Å². The highest BCUT2D eigenvalue weighted by Crippen LogP contribution is 2.41. The quantitative estimate of drug-likeness (QED) is 0.620. The molecule has 0 radical (unpaired) electrons. The Kier molecular flexibility index (Phi) is 4.76. The predicted octanol–water partition coefficient (Wildman–Crippen LogP) is 3.28. The average Bonchev–Trinajstić information content (AvgIpc) is 3.08. The Hall–Kier alpha value is -3.51. The second-order valence-electron chi connectivity index (χ2n) is 9.36. The Labute approximate surface area is 192 Å². The van der Waals surface area contributed by atoms with Crippen molar-refractivity contribution in [3.63, 3.8) is 0 Å². The molecule has 3 aliphatic heterocycles. The summed E-state index contributed by atoms with van der Waals surface area (Å²) in [4.78, 5) is 41.4. The average molecular weight is 440 g/mol. The van der Waals surface area contributed by atoms with E-state index in [1.807, 2.05) is 24.3 Å². The number of imide groups is 1. The summed E-state index contributed by atoms with van der Waals surface area (Å²) in [5.74, 6) is -0.227. The summed E-state index contributed by atoms with van der Waals surface area (Å²) in [7, 11) is 0. The number of benzene rings is 3. The zero-order valence-electron chi connectivity index (χ0n) is 18.3. The van der Waals surface area contributed by atoms with Crippen LogP contribution in [0.25, 0.3) is 10.8 Å². The number of hydrogen-bond donors (Lipinski definition) is 1. The van der Waals surface area contributed by atoms with Gasteiger partial charge in [0.1, 0.15) is 6.04 Å². The number of rotatable bonds is 5. The zero-order chi connectivity index (χ0) is 22.5. The SMILES string of the molecule is O=C1CCC(N2C(=O)c3cccc4c(CC5CN(Cc6ccccc6)C5)ccc2c34)C(=O)N1. The lowest BCUT2D eigenvalue weighted by Gasteiger charge is -2.39. The monoisotopic (exact) mass is 439 g/mol. The first kappa shape index (κ1) is 20.1. The number of nitrogens with zero attached hydrogens (tertiary/aromatic N) is 2. The molecule has 0 saturated carbocycles. The van der Waals surface area contributed by atoms with Crippen LogP contribution in [0.2, 0.25) is 0 Å². The highest BCUT2D eigenvalue weighted by atomic mass is 16.2. The summed E-state index contributed by atoms with van der Waals surface area (Å²) in [6, 6.07) is 19.8. The minimum atomic E-state index is -0.644. The molecule has 1 atom stereocenters. The van der Waals surface area contributed by atoms with Crippen molar-refractivity contribution in [1.82, 2.24) is 10.2 Å². The topological polar surface area (TPSA) is 69.7 Å². The van der Waals surface area contributed by atoms with Gasteiger partial charge in [-0.1, -0.05) is 48.5 Å². The molecule has 1 unspecified atom stereocenters. The number of nitrogens with one attached hydrogen (secondary N) is 1. The van der Waals surface area contributed by atoms with E-state index in [-0.39, 0.29) is 18.2 Å². The summed E-state index contributed by atoms with van der Waals surface area (Å²) >= 11 is 0. The normalized spacial score (nSPS) is 20.9. The van der Waals surface area contributed by atoms with Crippen LogP contribution in [0.4, 0.5) is 5.69 Å². The summed E-state index contributed by atoms with van der Waals surface area (Å²) in [5.41, 5.74) is 4.02.